The van der Waals surface area contributed by atoms with Gasteiger partial charge in [0.15, 0.2) is 10.2 Å². The van der Waals surface area contributed by atoms with Gasteiger partial charge in [0, 0.05) is 47.6 Å². The van der Waals surface area contributed by atoms with E-state index in [9.17, 15) is 0 Å². The first-order valence-electron chi connectivity index (χ1n) is 10.3. The van der Waals surface area contributed by atoms with Gasteiger partial charge in [-0.1, -0.05) is 37.0 Å². The molecule has 0 atom stereocenters. The third-order valence-corrected chi connectivity index (χ3v) is 5.84. The molecule has 0 aliphatic heterocycles. The van der Waals surface area contributed by atoms with Crippen molar-refractivity contribution in [3.63, 3.8) is 0 Å². The number of hydrogen-bond donors (Lipinski definition) is 3. The van der Waals surface area contributed by atoms with E-state index in [4.69, 9.17) is 47.6 Å². The van der Waals surface area contributed by atoms with Crippen molar-refractivity contribution in [1.82, 2.24) is 15.1 Å². The van der Waals surface area contributed by atoms with Crippen LogP contribution in [0, 0.1) is 0 Å². The summed E-state index contributed by atoms with van der Waals surface area (Å²) in [5.74, 6) is 0. The minimum absolute atomic E-state index is 0.558. The maximum absolute atomic E-state index is 5.98. The highest BCUT2D eigenvalue weighted by molar-refractivity contribution is 7.80. The van der Waals surface area contributed by atoms with E-state index >= 15 is 0 Å². The van der Waals surface area contributed by atoms with Gasteiger partial charge in [0.2, 0.25) is 0 Å². The largest absolute Gasteiger partial charge is 0.361 e. The Morgan fingerprint density at radius 2 is 1.29 bits per heavy atom. The normalized spacial score (nSPS) is 10.6. The van der Waals surface area contributed by atoms with E-state index in [1.807, 2.05) is 48.5 Å². The number of nitrogens with one attached hydrogen (secondary N) is 3. The maximum Gasteiger partial charge on any atom is 0.173 e. The molecule has 0 aliphatic carbocycles. The number of anilines is 2. The molecule has 0 bridgehead atoms. The smallest absolute Gasteiger partial charge is 0.173 e. The van der Waals surface area contributed by atoms with Gasteiger partial charge in [-0.25, -0.2) is 0 Å². The van der Waals surface area contributed by atoms with Crippen LogP contribution in [0.25, 0.3) is 0 Å². The molecule has 2 aromatic carbocycles. The number of thiocarbonyl (C=S) groups is 2. The average Bonchev–Trinajstić information content (AvgIpc) is 2.76. The molecule has 0 saturated heterocycles. The molecule has 0 fully saturated rings. The SMILES string of the molecule is CCN(CC)CCN(CCNC(=S)Nc1ccc(Cl)cc1)C(=S)Nc1ccc(Cl)cc1. The van der Waals surface area contributed by atoms with Crippen LogP contribution in [0.5, 0.6) is 0 Å². The summed E-state index contributed by atoms with van der Waals surface area (Å²) in [5.41, 5.74) is 1.80. The van der Waals surface area contributed by atoms with Crippen molar-refractivity contribution >= 4 is 69.2 Å². The fourth-order valence-corrected chi connectivity index (χ4v) is 3.64. The topological polar surface area (TPSA) is 42.6 Å². The molecular formula is C22H29Cl2N5S2. The predicted molar refractivity (Wildman–Crippen MR) is 143 cm³/mol. The molecule has 0 aromatic heterocycles. The first-order valence-corrected chi connectivity index (χ1v) is 11.8. The zero-order valence-electron chi connectivity index (χ0n) is 17.8. The van der Waals surface area contributed by atoms with Crippen LogP contribution in [0.4, 0.5) is 11.4 Å². The van der Waals surface area contributed by atoms with Gasteiger partial charge >= 0.3 is 0 Å². The van der Waals surface area contributed by atoms with Gasteiger partial charge in [-0.15, -0.1) is 0 Å². The van der Waals surface area contributed by atoms with Gasteiger partial charge < -0.3 is 25.8 Å². The average molecular weight is 499 g/mol. The number of benzene rings is 2. The molecule has 3 N–H and O–H groups in total. The lowest BCUT2D eigenvalue weighted by Crippen LogP contribution is -2.44. The summed E-state index contributed by atoms with van der Waals surface area (Å²) in [4.78, 5) is 4.53. The standard InChI is InChI=1S/C22H29Cl2N5S2/c1-3-28(4-2)15-16-29(22(31)27-20-11-7-18(24)8-12-20)14-13-25-21(30)26-19-9-5-17(23)6-10-19/h5-12H,3-4,13-16H2,1-2H3,(H,27,31)(H2,25,26,30). The molecule has 0 spiro atoms. The Balaban J connectivity index is 1.90. The van der Waals surface area contributed by atoms with E-state index in [-0.39, 0.29) is 0 Å². The highest BCUT2D eigenvalue weighted by atomic mass is 35.5. The number of nitrogens with zero attached hydrogens (tertiary/aromatic N) is 2. The van der Waals surface area contributed by atoms with Crippen molar-refractivity contribution in [3.05, 3.63) is 58.6 Å². The van der Waals surface area contributed by atoms with Gasteiger partial charge in [0.05, 0.1) is 0 Å². The first-order chi connectivity index (χ1) is 14.9. The molecular weight excluding hydrogens is 469 g/mol. The van der Waals surface area contributed by atoms with E-state index in [0.29, 0.717) is 33.4 Å². The second-order valence-electron chi connectivity index (χ2n) is 6.84. The third-order valence-electron chi connectivity index (χ3n) is 4.73. The van der Waals surface area contributed by atoms with Crippen LogP contribution >= 0.6 is 47.6 Å². The minimum atomic E-state index is 0.558. The monoisotopic (exact) mass is 497 g/mol. The molecule has 0 heterocycles. The molecule has 2 aromatic rings. The summed E-state index contributed by atoms with van der Waals surface area (Å²) in [6.07, 6.45) is 0. The van der Waals surface area contributed by atoms with Crippen LogP contribution in [0.2, 0.25) is 10.0 Å². The van der Waals surface area contributed by atoms with Crippen molar-refractivity contribution in [3.8, 4) is 0 Å². The summed E-state index contributed by atoms with van der Waals surface area (Å²) in [6.45, 7) is 9.47. The quantitative estimate of drug-likeness (QED) is 0.383. The highest BCUT2D eigenvalue weighted by Crippen LogP contribution is 2.14. The lowest BCUT2D eigenvalue weighted by atomic mass is 10.3. The summed E-state index contributed by atoms with van der Waals surface area (Å²) in [6, 6.07) is 14.9. The van der Waals surface area contributed by atoms with Crippen molar-refractivity contribution in [2.24, 2.45) is 0 Å². The minimum Gasteiger partial charge on any atom is -0.361 e. The Hall–Kier alpha value is -1.64. The Kier molecular flexibility index (Phi) is 11.3. The van der Waals surface area contributed by atoms with Crippen LogP contribution < -0.4 is 16.0 Å². The van der Waals surface area contributed by atoms with Crippen molar-refractivity contribution in [1.29, 1.82) is 0 Å². The Morgan fingerprint density at radius 1 is 0.774 bits per heavy atom. The maximum atomic E-state index is 5.98. The fraction of sp³-hybridized carbons (Fsp3) is 0.364. The van der Waals surface area contributed by atoms with E-state index in [1.54, 1.807) is 0 Å². The van der Waals surface area contributed by atoms with Crippen LogP contribution in [-0.4, -0.2) is 59.3 Å². The number of likely N-dealkylation sites (N-methyl/N-ethyl adjacent to an activating group) is 1. The van der Waals surface area contributed by atoms with Crippen LogP contribution in [-0.2, 0) is 0 Å². The van der Waals surface area contributed by atoms with Crippen LogP contribution in [0.3, 0.4) is 0 Å². The zero-order chi connectivity index (χ0) is 22.6. The highest BCUT2D eigenvalue weighted by Gasteiger charge is 2.12. The molecule has 31 heavy (non-hydrogen) atoms. The second-order valence-corrected chi connectivity index (χ2v) is 8.51. The van der Waals surface area contributed by atoms with E-state index < -0.39 is 0 Å². The first kappa shape index (κ1) is 25.6. The number of hydrogen-bond acceptors (Lipinski definition) is 3. The van der Waals surface area contributed by atoms with Gasteiger partial charge in [0.1, 0.15) is 0 Å². The lowest BCUT2D eigenvalue weighted by Gasteiger charge is -2.29. The Bertz CT molecular complexity index is 827. The van der Waals surface area contributed by atoms with Gasteiger partial charge in [-0.05, 0) is 86.1 Å². The second kappa shape index (κ2) is 13.7. The molecule has 0 unspecified atom stereocenters. The molecule has 168 valence electrons. The van der Waals surface area contributed by atoms with Crippen LogP contribution in [0.1, 0.15) is 13.8 Å². The fourth-order valence-electron chi connectivity index (χ4n) is 2.87. The van der Waals surface area contributed by atoms with Crippen molar-refractivity contribution < 1.29 is 0 Å². The van der Waals surface area contributed by atoms with E-state index in [0.717, 1.165) is 37.6 Å². The van der Waals surface area contributed by atoms with Crippen LogP contribution in [0.15, 0.2) is 48.5 Å². The molecule has 0 aliphatic rings. The molecule has 2 rings (SSSR count). The molecule has 0 radical (unpaired) electrons. The number of rotatable bonds is 10. The molecule has 5 nitrogen and oxygen atoms in total. The van der Waals surface area contributed by atoms with Gasteiger partial charge in [-0.2, -0.15) is 0 Å². The summed E-state index contributed by atoms with van der Waals surface area (Å²) in [7, 11) is 0. The Morgan fingerprint density at radius 3 is 1.81 bits per heavy atom. The summed E-state index contributed by atoms with van der Waals surface area (Å²) in [5, 5.41) is 12.3. The lowest BCUT2D eigenvalue weighted by molar-refractivity contribution is 0.269. The van der Waals surface area contributed by atoms with Gasteiger partial charge in [0.25, 0.3) is 0 Å². The van der Waals surface area contributed by atoms with Gasteiger partial charge in [-0.3, -0.25) is 0 Å². The number of halogens is 2. The predicted octanol–water partition coefficient (Wildman–Crippen LogP) is 5.32. The molecule has 0 saturated carbocycles. The molecule has 0 amide bonds. The molecule has 9 heteroatoms. The summed E-state index contributed by atoms with van der Waals surface area (Å²) >= 11 is 23.0. The van der Waals surface area contributed by atoms with Crippen molar-refractivity contribution in [2.75, 3.05) is 49.9 Å². The van der Waals surface area contributed by atoms with E-state index in [2.05, 4.69) is 39.6 Å². The van der Waals surface area contributed by atoms with Crippen molar-refractivity contribution in [2.45, 2.75) is 13.8 Å². The van der Waals surface area contributed by atoms with E-state index in [1.165, 1.54) is 0 Å². The Labute approximate surface area is 206 Å². The summed E-state index contributed by atoms with van der Waals surface area (Å²) < 4.78 is 0. The zero-order valence-corrected chi connectivity index (χ0v) is 21.0. The third kappa shape index (κ3) is 9.58.